The highest BCUT2D eigenvalue weighted by atomic mass is 28.3. The second-order valence-corrected chi connectivity index (χ2v) is 25.3. The fourth-order valence-electron chi connectivity index (χ4n) is 5.25. The highest BCUT2D eigenvalue weighted by Gasteiger charge is 2.44. The molecule has 2 aromatic carbocycles. The second kappa shape index (κ2) is 12.5. The molecule has 2 aromatic rings. The van der Waals surface area contributed by atoms with Crippen LogP contribution < -0.4 is 0 Å². The van der Waals surface area contributed by atoms with Gasteiger partial charge in [0.25, 0.3) is 0 Å². The fourth-order valence-corrected chi connectivity index (χ4v) is 6.29. The first-order chi connectivity index (χ1) is 19.6. The zero-order chi connectivity index (χ0) is 32.4. The van der Waals surface area contributed by atoms with Crippen LogP contribution in [0.15, 0.2) is 36.4 Å². The molecule has 0 aliphatic heterocycles. The molecule has 1 aliphatic carbocycles. The van der Waals surface area contributed by atoms with Gasteiger partial charge in [-0.05, 0) is 101 Å². The number of carbonyl (C=O) groups is 2. The zero-order valence-electron chi connectivity index (χ0n) is 28.4. The van der Waals surface area contributed by atoms with Crippen molar-refractivity contribution >= 4 is 28.1 Å². The maximum atomic E-state index is 13.1. The van der Waals surface area contributed by atoms with Crippen LogP contribution in [0.25, 0.3) is 11.1 Å². The van der Waals surface area contributed by atoms with Crippen LogP contribution in [0.3, 0.4) is 0 Å². The normalized spacial score (nSPS) is 14.0. The molecule has 0 fully saturated rings. The molecule has 0 bridgehead atoms. The molecule has 0 heterocycles. The molecule has 0 unspecified atom stereocenters. The Morgan fingerprint density at radius 1 is 0.651 bits per heavy atom. The van der Waals surface area contributed by atoms with Gasteiger partial charge < -0.3 is 9.47 Å². The summed E-state index contributed by atoms with van der Waals surface area (Å²) in [6, 6.07) is 12.8. The summed E-state index contributed by atoms with van der Waals surface area (Å²) in [6.07, 6.45) is 1.45. The van der Waals surface area contributed by atoms with E-state index in [1.165, 1.54) is 0 Å². The number of hydrogen-bond acceptors (Lipinski definition) is 4. The summed E-state index contributed by atoms with van der Waals surface area (Å²) in [5.74, 6) is 6.37. The van der Waals surface area contributed by atoms with Crippen molar-refractivity contribution in [1.29, 1.82) is 0 Å². The van der Waals surface area contributed by atoms with Gasteiger partial charge in [0.05, 0.1) is 0 Å². The van der Waals surface area contributed by atoms with Gasteiger partial charge in [-0.25, -0.2) is 0 Å². The van der Waals surface area contributed by atoms with Crippen molar-refractivity contribution in [2.24, 2.45) is 0 Å². The molecule has 0 amide bonds. The SMILES string of the molecule is CC(C)(C)OC(=O)CCC1(CCC(=O)OC(C)(C)C)c2cc(C#C[Si](C)(C)C)ccc2-c2ccc(C#C[Si](C)(C)C)cc21. The van der Waals surface area contributed by atoms with Gasteiger partial charge in [0.1, 0.15) is 27.3 Å². The summed E-state index contributed by atoms with van der Waals surface area (Å²) in [7, 11) is -3.20. The fraction of sp³-hybridized carbons (Fsp3) is 0.514. The van der Waals surface area contributed by atoms with Crippen molar-refractivity contribution in [3.05, 3.63) is 58.7 Å². The molecule has 0 atom stereocenters. The lowest BCUT2D eigenvalue weighted by atomic mass is 9.70. The summed E-state index contributed by atoms with van der Waals surface area (Å²) < 4.78 is 11.5. The lowest BCUT2D eigenvalue weighted by Crippen LogP contribution is -2.31. The van der Waals surface area contributed by atoms with Gasteiger partial charge >= 0.3 is 11.9 Å². The third-order valence-corrected chi connectivity index (χ3v) is 8.63. The molecule has 230 valence electrons. The summed E-state index contributed by atoms with van der Waals surface area (Å²) in [5, 5.41) is 0. The van der Waals surface area contributed by atoms with Crippen LogP contribution in [-0.4, -0.2) is 39.3 Å². The maximum absolute atomic E-state index is 13.1. The molecule has 0 radical (unpaired) electrons. The van der Waals surface area contributed by atoms with E-state index in [0.29, 0.717) is 12.8 Å². The quantitative estimate of drug-likeness (QED) is 0.186. The molecule has 0 aromatic heterocycles. The van der Waals surface area contributed by atoms with Crippen LogP contribution >= 0.6 is 0 Å². The van der Waals surface area contributed by atoms with Crippen molar-refractivity contribution in [3.8, 4) is 34.1 Å². The number of fused-ring (bicyclic) bond motifs is 3. The number of esters is 2. The predicted octanol–water partition coefficient (Wildman–Crippen LogP) is 8.65. The van der Waals surface area contributed by atoms with Crippen molar-refractivity contribution < 1.29 is 19.1 Å². The van der Waals surface area contributed by atoms with E-state index in [2.05, 4.69) is 98.6 Å². The van der Waals surface area contributed by atoms with Gasteiger partial charge in [0.2, 0.25) is 0 Å². The third kappa shape index (κ3) is 9.98. The van der Waals surface area contributed by atoms with Crippen LogP contribution in [0.5, 0.6) is 0 Å². The van der Waals surface area contributed by atoms with Gasteiger partial charge in [0.15, 0.2) is 0 Å². The summed E-state index contributed by atoms with van der Waals surface area (Å²) in [4.78, 5) is 26.2. The largest absolute Gasteiger partial charge is 0.460 e. The smallest absolute Gasteiger partial charge is 0.306 e. The standard InChI is InChI=1S/C37H50O4Si2/c1-35(2,3)40-33(38)17-21-37(22-18-34(39)41-36(4,5)6)31-25-27(19-23-42(7,8)9)13-15-29(31)30-16-14-28(26-32(30)37)20-24-43(10,11)12/h13-16,25-26H,17-18,21-22H2,1-12H3. The Balaban J connectivity index is 2.23. The Labute approximate surface area is 262 Å². The highest BCUT2D eigenvalue weighted by Crippen LogP contribution is 2.54. The molecule has 0 N–H and O–H groups in total. The van der Waals surface area contributed by atoms with E-state index >= 15 is 0 Å². The molecule has 43 heavy (non-hydrogen) atoms. The summed E-state index contributed by atoms with van der Waals surface area (Å²) in [5.41, 5.74) is 11.6. The average molecular weight is 615 g/mol. The summed E-state index contributed by atoms with van der Waals surface area (Å²) in [6.45, 7) is 24.7. The topological polar surface area (TPSA) is 52.6 Å². The number of rotatable bonds is 6. The Morgan fingerprint density at radius 3 is 1.30 bits per heavy atom. The van der Waals surface area contributed by atoms with E-state index in [-0.39, 0.29) is 24.8 Å². The van der Waals surface area contributed by atoms with Crippen LogP contribution in [-0.2, 0) is 24.5 Å². The minimum atomic E-state index is -1.60. The van der Waals surface area contributed by atoms with E-state index in [4.69, 9.17) is 9.47 Å². The number of carbonyl (C=O) groups excluding carboxylic acids is 2. The van der Waals surface area contributed by atoms with Crippen LogP contribution in [0.2, 0.25) is 39.3 Å². The van der Waals surface area contributed by atoms with Crippen molar-refractivity contribution in [1.82, 2.24) is 0 Å². The molecule has 3 rings (SSSR count). The highest BCUT2D eigenvalue weighted by molar-refractivity contribution is 6.84. The molecule has 0 spiro atoms. The van der Waals surface area contributed by atoms with Gasteiger partial charge in [-0.1, -0.05) is 63.3 Å². The first-order valence-electron chi connectivity index (χ1n) is 15.4. The molecular weight excluding hydrogens is 565 g/mol. The Kier molecular flexibility index (Phi) is 10.0. The zero-order valence-corrected chi connectivity index (χ0v) is 30.4. The number of ether oxygens (including phenoxy) is 2. The Morgan fingerprint density at radius 2 is 1.00 bits per heavy atom. The molecular formula is C37H50O4Si2. The predicted molar refractivity (Wildman–Crippen MR) is 183 cm³/mol. The molecule has 1 aliphatic rings. The van der Waals surface area contributed by atoms with Crippen molar-refractivity contribution in [2.45, 2.75) is 123 Å². The second-order valence-electron chi connectivity index (χ2n) is 15.8. The Bertz CT molecular complexity index is 1390. The minimum absolute atomic E-state index is 0.222. The van der Waals surface area contributed by atoms with E-state index in [0.717, 1.165) is 33.4 Å². The lowest BCUT2D eigenvalue weighted by molar-refractivity contribution is -0.155. The number of hydrogen-bond donors (Lipinski definition) is 0. The van der Waals surface area contributed by atoms with Crippen molar-refractivity contribution in [3.63, 3.8) is 0 Å². The van der Waals surface area contributed by atoms with E-state index < -0.39 is 32.8 Å². The van der Waals surface area contributed by atoms with Gasteiger partial charge in [-0.15, -0.1) is 11.1 Å². The molecule has 0 saturated carbocycles. The van der Waals surface area contributed by atoms with Crippen LogP contribution in [0.4, 0.5) is 0 Å². The lowest BCUT2D eigenvalue weighted by Gasteiger charge is -2.33. The van der Waals surface area contributed by atoms with E-state index in [1.807, 2.05) is 41.5 Å². The third-order valence-electron chi connectivity index (χ3n) is 6.88. The van der Waals surface area contributed by atoms with Crippen LogP contribution in [0.1, 0.15) is 89.5 Å². The monoisotopic (exact) mass is 614 g/mol. The molecule has 6 heteroatoms. The van der Waals surface area contributed by atoms with E-state index in [1.54, 1.807) is 0 Å². The van der Waals surface area contributed by atoms with E-state index in [9.17, 15) is 9.59 Å². The van der Waals surface area contributed by atoms with Gasteiger partial charge in [0, 0.05) is 29.4 Å². The Hall–Kier alpha value is -3.07. The first kappa shape index (κ1) is 34.4. The van der Waals surface area contributed by atoms with Gasteiger partial charge in [-0.2, -0.15) is 0 Å². The summed E-state index contributed by atoms with van der Waals surface area (Å²) >= 11 is 0. The molecule has 4 nitrogen and oxygen atoms in total. The maximum Gasteiger partial charge on any atom is 0.306 e. The van der Waals surface area contributed by atoms with Crippen LogP contribution in [0, 0.1) is 22.9 Å². The minimum Gasteiger partial charge on any atom is -0.460 e. The number of benzene rings is 2. The van der Waals surface area contributed by atoms with Crippen molar-refractivity contribution in [2.75, 3.05) is 0 Å². The average Bonchev–Trinajstić information content (AvgIpc) is 3.09. The molecule has 0 saturated heterocycles. The van der Waals surface area contributed by atoms with Gasteiger partial charge in [-0.3, -0.25) is 9.59 Å². The first-order valence-corrected chi connectivity index (χ1v) is 22.4.